The number of Topliss-reactive ketones (excluding diaryl/α,β-unsaturated/α-hetero) is 1. The van der Waals surface area contributed by atoms with Gasteiger partial charge in [-0.15, -0.1) is 0 Å². The van der Waals surface area contributed by atoms with Crippen LogP contribution in [0.2, 0.25) is 0 Å². The Morgan fingerprint density at radius 1 is 0.946 bits per heavy atom. The van der Waals surface area contributed by atoms with Gasteiger partial charge in [0, 0.05) is 22.9 Å². The fourth-order valence-electron chi connectivity index (χ4n) is 4.50. The van der Waals surface area contributed by atoms with E-state index >= 15 is 0 Å². The summed E-state index contributed by atoms with van der Waals surface area (Å²) in [5, 5.41) is 11.5. The number of aryl methyl sites for hydroxylation is 1. The maximum Gasteiger partial charge on any atom is 0.300 e. The number of para-hydroxylation sites is 1. The van der Waals surface area contributed by atoms with Gasteiger partial charge >= 0.3 is 0 Å². The zero-order chi connectivity index (χ0) is 26.5. The molecule has 192 valence electrons. The van der Waals surface area contributed by atoms with E-state index in [-0.39, 0.29) is 11.3 Å². The molecule has 4 rings (SSSR count). The number of ether oxygens (including phenoxy) is 3. The van der Waals surface area contributed by atoms with Crippen molar-refractivity contribution in [3.8, 4) is 17.2 Å². The number of nitrogens with zero attached hydrogens (tertiary/aromatic N) is 1. The van der Waals surface area contributed by atoms with Crippen molar-refractivity contribution in [2.75, 3.05) is 25.2 Å². The van der Waals surface area contributed by atoms with E-state index in [4.69, 9.17) is 14.2 Å². The Hall–Kier alpha value is -4.26. The highest BCUT2D eigenvalue weighted by molar-refractivity contribution is 6.51. The third-order valence-corrected chi connectivity index (χ3v) is 6.19. The van der Waals surface area contributed by atoms with Crippen LogP contribution >= 0.6 is 0 Å². The number of carbonyl (C=O) groups excluding carboxylic acids is 2. The van der Waals surface area contributed by atoms with Gasteiger partial charge in [-0.25, -0.2) is 0 Å². The molecule has 1 saturated heterocycles. The van der Waals surface area contributed by atoms with Crippen molar-refractivity contribution in [1.82, 2.24) is 0 Å². The molecule has 1 fully saturated rings. The Morgan fingerprint density at radius 2 is 1.73 bits per heavy atom. The number of aliphatic hydroxyl groups is 1. The van der Waals surface area contributed by atoms with Gasteiger partial charge in [0.05, 0.1) is 31.9 Å². The van der Waals surface area contributed by atoms with Gasteiger partial charge < -0.3 is 19.3 Å². The molecular formula is C30H31NO6. The van der Waals surface area contributed by atoms with E-state index in [1.54, 1.807) is 60.7 Å². The van der Waals surface area contributed by atoms with Crippen LogP contribution in [0.15, 0.2) is 72.3 Å². The van der Waals surface area contributed by atoms with Crippen LogP contribution < -0.4 is 19.1 Å². The lowest BCUT2D eigenvalue weighted by molar-refractivity contribution is -0.132. The molecule has 37 heavy (non-hydrogen) atoms. The number of anilines is 1. The van der Waals surface area contributed by atoms with Gasteiger partial charge in [0.15, 0.2) is 0 Å². The van der Waals surface area contributed by atoms with Crippen molar-refractivity contribution >= 4 is 23.1 Å². The first-order valence-electron chi connectivity index (χ1n) is 12.3. The van der Waals surface area contributed by atoms with Gasteiger partial charge in [-0.05, 0) is 62.2 Å². The predicted molar refractivity (Wildman–Crippen MR) is 142 cm³/mol. The van der Waals surface area contributed by atoms with E-state index in [0.29, 0.717) is 47.3 Å². The molecule has 0 aliphatic carbocycles. The van der Waals surface area contributed by atoms with Crippen LogP contribution in [-0.4, -0.2) is 37.1 Å². The Kier molecular flexibility index (Phi) is 7.82. The molecule has 0 spiro atoms. The Bertz CT molecular complexity index is 1350. The van der Waals surface area contributed by atoms with Gasteiger partial charge in [-0.2, -0.15) is 0 Å². The summed E-state index contributed by atoms with van der Waals surface area (Å²) in [4.78, 5) is 28.4. The molecule has 0 saturated carbocycles. The molecule has 0 radical (unpaired) electrons. The van der Waals surface area contributed by atoms with Crippen LogP contribution in [0.3, 0.4) is 0 Å². The van der Waals surface area contributed by atoms with E-state index in [1.165, 1.54) is 12.0 Å². The molecule has 1 aliphatic rings. The number of rotatable bonds is 9. The molecule has 1 aliphatic heterocycles. The number of hydrogen-bond donors (Lipinski definition) is 1. The minimum atomic E-state index is -0.913. The number of aliphatic hydroxyl groups excluding tert-OH is 1. The molecule has 1 N–H and O–H groups in total. The van der Waals surface area contributed by atoms with Crippen LogP contribution in [0, 0.1) is 6.92 Å². The number of benzene rings is 3. The number of carbonyl (C=O) groups is 2. The molecule has 1 amide bonds. The maximum absolute atomic E-state index is 13.5. The molecule has 1 heterocycles. The molecule has 3 aromatic rings. The van der Waals surface area contributed by atoms with Crippen LogP contribution in [0.5, 0.6) is 17.2 Å². The Balaban J connectivity index is 1.91. The molecule has 0 bridgehead atoms. The SMILES string of the molecule is CCCOc1cccc(N2C(=O)C(=O)/C(=C(/O)c3ccc(OCC)c(C)c3)C2c2ccccc2OC)c1. The lowest BCUT2D eigenvalue weighted by Gasteiger charge is -2.27. The second kappa shape index (κ2) is 11.2. The third kappa shape index (κ3) is 5.03. The molecule has 7 nitrogen and oxygen atoms in total. The summed E-state index contributed by atoms with van der Waals surface area (Å²) in [6.45, 7) is 6.79. The highest BCUT2D eigenvalue weighted by atomic mass is 16.5. The Morgan fingerprint density at radius 3 is 2.43 bits per heavy atom. The summed E-state index contributed by atoms with van der Waals surface area (Å²) in [5.74, 6) is -0.0210. The fourth-order valence-corrected chi connectivity index (χ4v) is 4.50. The van der Waals surface area contributed by atoms with E-state index in [9.17, 15) is 14.7 Å². The van der Waals surface area contributed by atoms with Crippen molar-refractivity contribution < 1.29 is 28.9 Å². The summed E-state index contributed by atoms with van der Waals surface area (Å²) < 4.78 is 17.0. The van der Waals surface area contributed by atoms with Crippen LogP contribution in [0.1, 0.15) is 43.0 Å². The zero-order valence-electron chi connectivity index (χ0n) is 21.5. The van der Waals surface area contributed by atoms with Gasteiger partial charge in [0.1, 0.15) is 23.0 Å². The minimum absolute atomic E-state index is 0.0158. The monoisotopic (exact) mass is 501 g/mol. The summed E-state index contributed by atoms with van der Waals surface area (Å²) >= 11 is 0. The predicted octanol–water partition coefficient (Wildman–Crippen LogP) is 5.82. The Labute approximate surface area is 216 Å². The minimum Gasteiger partial charge on any atom is -0.507 e. The first-order chi connectivity index (χ1) is 17.9. The summed E-state index contributed by atoms with van der Waals surface area (Å²) in [5.41, 5.74) is 2.26. The van der Waals surface area contributed by atoms with E-state index in [2.05, 4.69) is 0 Å². The first-order valence-corrected chi connectivity index (χ1v) is 12.3. The molecule has 1 unspecified atom stereocenters. The average molecular weight is 502 g/mol. The third-order valence-electron chi connectivity index (χ3n) is 6.19. The maximum atomic E-state index is 13.5. The second-order valence-corrected chi connectivity index (χ2v) is 8.67. The van der Waals surface area contributed by atoms with E-state index < -0.39 is 17.7 Å². The quantitative estimate of drug-likeness (QED) is 0.226. The summed E-state index contributed by atoms with van der Waals surface area (Å²) in [7, 11) is 1.53. The molecule has 3 aromatic carbocycles. The number of hydrogen-bond acceptors (Lipinski definition) is 6. The van der Waals surface area contributed by atoms with Crippen LogP contribution in [0.25, 0.3) is 5.76 Å². The largest absolute Gasteiger partial charge is 0.507 e. The lowest BCUT2D eigenvalue weighted by Crippen LogP contribution is -2.29. The zero-order valence-corrected chi connectivity index (χ0v) is 21.5. The molecule has 1 atom stereocenters. The normalized spacial score (nSPS) is 16.6. The van der Waals surface area contributed by atoms with Crippen LogP contribution in [-0.2, 0) is 9.59 Å². The fraction of sp³-hybridized carbons (Fsp3) is 0.267. The standard InChI is InChI=1S/C30H31NO6/c1-5-16-37-22-11-9-10-21(18-22)31-27(23-12-7-8-13-25(23)35-4)26(29(33)30(31)34)28(32)20-14-15-24(36-6-2)19(3)17-20/h7-15,17-18,27,32H,5-6,16H2,1-4H3/b28-26+. The van der Waals surface area contributed by atoms with Crippen molar-refractivity contribution in [2.24, 2.45) is 0 Å². The lowest BCUT2D eigenvalue weighted by atomic mass is 9.94. The molecular weight excluding hydrogens is 470 g/mol. The van der Waals surface area contributed by atoms with Crippen molar-refractivity contribution in [3.05, 3.63) is 89.0 Å². The number of amides is 1. The van der Waals surface area contributed by atoms with E-state index in [1.807, 2.05) is 26.8 Å². The van der Waals surface area contributed by atoms with Crippen molar-refractivity contribution in [2.45, 2.75) is 33.2 Å². The van der Waals surface area contributed by atoms with Gasteiger partial charge in [0.25, 0.3) is 11.7 Å². The molecule has 7 heteroatoms. The first kappa shape index (κ1) is 25.8. The average Bonchev–Trinajstić information content (AvgIpc) is 3.18. The highest BCUT2D eigenvalue weighted by Crippen LogP contribution is 2.45. The molecule has 0 aromatic heterocycles. The smallest absolute Gasteiger partial charge is 0.300 e. The summed E-state index contributed by atoms with van der Waals surface area (Å²) in [6, 6.07) is 18.5. The van der Waals surface area contributed by atoms with Gasteiger partial charge in [-0.3, -0.25) is 14.5 Å². The van der Waals surface area contributed by atoms with Crippen LogP contribution in [0.4, 0.5) is 5.69 Å². The van der Waals surface area contributed by atoms with Gasteiger partial charge in [-0.1, -0.05) is 31.2 Å². The highest BCUT2D eigenvalue weighted by Gasteiger charge is 2.48. The van der Waals surface area contributed by atoms with Gasteiger partial charge in [0.2, 0.25) is 0 Å². The second-order valence-electron chi connectivity index (χ2n) is 8.67. The topological polar surface area (TPSA) is 85.3 Å². The van der Waals surface area contributed by atoms with Crippen molar-refractivity contribution in [3.63, 3.8) is 0 Å². The van der Waals surface area contributed by atoms with Crippen molar-refractivity contribution in [1.29, 1.82) is 0 Å². The number of methoxy groups -OCH3 is 1. The van der Waals surface area contributed by atoms with E-state index in [0.717, 1.165) is 12.0 Å². The summed E-state index contributed by atoms with van der Waals surface area (Å²) in [6.07, 6.45) is 0.831. The number of ketones is 1.